The van der Waals surface area contributed by atoms with Gasteiger partial charge in [0.2, 0.25) is 0 Å². The van der Waals surface area contributed by atoms with Crippen molar-refractivity contribution in [2.75, 3.05) is 0 Å². The maximum Gasteiger partial charge on any atom is 0.416 e. The first-order valence-corrected chi connectivity index (χ1v) is 21.0. The van der Waals surface area contributed by atoms with Crippen molar-refractivity contribution in [3.05, 3.63) is 117 Å². The molecule has 0 spiro atoms. The second kappa shape index (κ2) is 12.3. The number of rotatable bonds is 0. The van der Waals surface area contributed by atoms with Crippen LogP contribution in [0.15, 0.2) is 72.8 Å². The van der Waals surface area contributed by atoms with Crippen molar-refractivity contribution in [2.24, 2.45) is 0 Å². The van der Waals surface area contributed by atoms with Crippen molar-refractivity contribution in [3.8, 4) is 0 Å². The summed E-state index contributed by atoms with van der Waals surface area (Å²) < 4.78 is 167. The van der Waals surface area contributed by atoms with Gasteiger partial charge in [0.25, 0.3) is 0 Å². The van der Waals surface area contributed by atoms with E-state index in [4.69, 9.17) is 0 Å². The van der Waals surface area contributed by atoms with Crippen molar-refractivity contribution in [2.45, 2.75) is 50.9 Å². The highest BCUT2D eigenvalue weighted by atomic mass is 28.3. The minimum absolute atomic E-state index is 0.0152. The van der Waals surface area contributed by atoms with E-state index in [1.54, 1.807) is 26.2 Å². The molecule has 0 atom stereocenters. The third-order valence-electron chi connectivity index (χ3n) is 9.09. The highest BCUT2D eigenvalue weighted by Crippen LogP contribution is 2.35. The van der Waals surface area contributed by atoms with Gasteiger partial charge in [-0.2, -0.15) is 52.7 Å². The minimum Gasteiger partial charge on any atom is -0.166 e. The summed E-state index contributed by atoms with van der Waals surface area (Å²) in [6.07, 6.45) is -14.1. The van der Waals surface area contributed by atoms with Crippen LogP contribution in [0.5, 0.6) is 0 Å². The number of benzene rings is 4. The largest absolute Gasteiger partial charge is 0.416 e. The quantitative estimate of drug-likeness (QED) is 0.124. The van der Waals surface area contributed by atoms with Gasteiger partial charge in [0.05, 0.1) is 22.3 Å². The van der Waals surface area contributed by atoms with E-state index in [0.29, 0.717) is 20.7 Å². The first-order chi connectivity index (χ1) is 22.8. The Morgan fingerprint density at radius 2 is 0.500 bits per heavy atom. The monoisotopic (exact) mass is 744 g/mol. The van der Waals surface area contributed by atoms with Gasteiger partial charge in [0.1, 0.15) is 16.1 Å². The molecule has 50 heavy (non-hydrogen) atoms. The van der Waals surface area contributed by atoms with E-state index in [0.717, 1.165) is 48.5 Å². The molecule has 14 heteroatoms. The number of halogens is 12. The molecule has 0 aromatic heterocycles. The van der Waals surface area contributed by atoms with Crippen LogP contribution in [0.4, 0.5) is 52.7 Å². The van der Waals surface area contributed by atoms with Crippen LogP contribution in [0.3, 0.4) is 0 Å². The third-order valence-corrected chi connectivity index (χ3v) is 16.3. The highest BCUT2D eigenvalue weighted by Gasteiger charge is 2.39. The second-order valence-corrected chi connectivity index (χ2v) is 21.8. The molecule has 5 rings (SSSR count). The summed E-state index contributed by atoms with van der Waals surface area (Å²) in [6.45, 7) is 6.78. The van der Waals surface area contributed by atoms with Crippen molar-refractivity contribution in [1.29, 1.82) is 0 Å². The van der Waals surface area contributed by atoms with Gasteiger partial charge in [-0.3, -0.25) is 0 Å². The average molecular weight is 745 g/mol. The molecule has 0 saturated carbocycles. The predicted molar refractivity (Wildman–Crippen MR) is 177 cm³/mol. The fraction of sp³-hybridized carbons (Fsp3) is 0.222. The molecule has 0 unspecified atom stereocenters. The van der Waals surface area contributed by atoms with Crippen LogP contribution in [-0.4, -0.2) is 16.1 Å². The summed E-state index contributed by atoms with van der Waals surface area (Å²) in [7, 11) is -6.57. The Morgan fingerprint density at radius 1 is 0.320 bits per heavy atom. The van der Waals surface area contributed by atoms with Crippen LogP contribution in [-0.2, 0) is 24.7 Å². The van der Waals surface area contributed by atoms with Gasteiger partial charge in [0.15, 0.2) is 0 Å². The van der Waals surface area contributed by atoms with E-state index in [1.165, 1.54) is 48.6 Å². The number of hydrogen-bond donors (Lipinski definition) is 0. The molecule has 264 valence electrons. The number of hydrogen-bond acceptors (Lipinski definition) is 0. The molecular weight excluding hydrogens is 717 g/mol. The molecule has 1 aliphatic heterocycles. The standard InChI is InChI=1S/C36H28F12Si2/c1-49(2)29-13-9-25(33(37,38)39)17-21(29)5-7-23-19-27(35(43,44)45)11-15-31(23)50(3,4)32-16-12-28(36(46,47)48)20-24(32)8-6-22-18-26(34(40,41)42)10-14-30(22)49/h5-20H,1-4H3/b7-5-,8-6-. The van der Waals surface area contributed by atoms with E-state index < -0.39 is 63.1 Å². The lowest BCUT2D eigenvalue weighted by molar-refractivity contribution is -0.138. The molecule has 0 bridgehead atoms. The first-order valence-electron chi connectivity index (χ1n) is 15.0. The smallest absolute Gasteiger partial charge is 0.166 e. The van der Waals surface area contributed by atoms with Gasteiger partial charge in [-0.25, -0.2) is 0 Å². The summed E-state index contributed by atoms with van der Waals surface area (Å²) in [5, 5.41) is 1.38. The fourth-order valence-corrected chi connectivity index (χ4v) is 12.5. The van der Waals surface area contributed by atoms with Crippen molar-refractivity contribution in [1.82, 2.24) is 0 Å². The Bertz CT molecular complexity index is 1720. The van der Waals surface area contributed by atoms with Crippen molar-refractivity contribution >= 4 is 61.2 Å². The number of fused-ring (bicyclic) bond motifs is 4. The van der Waals surface area contributed by atoms with E-state index >= 15 is 0 Å². The number of alkyl halides is 12. The lowest BCUT2D eigenvalue weighted by atomic mass is 10.1. The summed E-state index contributed by atoms with van der Waals surface area (Å²) in [6, 6.07) is 11.7. The Labute approximate surface area is 281 Å². The van der Waals surface area contributed by atoms with Crippen LogP contribution < -0.4 is 20.7 Å². The van der Waals surface area contributed by atoms with Gasteiger partial charge in [-0.1, -0.05) is 99.0 Å². The molecule has 0 radical (unpaired) electrons. The van der Waals surface area contributed by atoms with Crippen molar-refractivity contribution < 1.29 is 52.7 Å². The SMILES string of the molecule is C[Si]1(C)c2ccc(C(F)(F)F)cc2/C=C\c2cc(C(F)(F)F)ccc2[Si](C)(C)c2ccc(C(F)(F)F)cc2/C=C\c2cc(C(F)(F)F)ccc21. The molecular formula is C36H28F12Si2. The molecule has 1 heterocycles. The molecule has 1 aliphatic rings. The molecule has 0 nitrogen and oxygen atoms in total. The summed E-state index contributed by atoms with van der Waals surface area (Å²) in [4.78, 5) is 0. The van der Waals surface area contributed by atoms with Gasteiger partial charge in [-0.15, -0.1) is 0 Å². The van der Waals surface area contributed by atoms with E-state index in [9.17, 15) is 52.7 Å². The van der Waals surface area contributed by atoms with Crippen LogP contribution in [0.2, 0.25) is 26.2 Å². The summed E-state index contributed by atoms with van der Waals surface area (Å²) in [5.41, 5.74) is -4.08. The molecule has 0 amide bonds. The van der Waals surface area contributed by atoms with Gasteiger partial charge in [0, 0.05) is 0 Å². The van der Waals surface area contributed by atoms with E-state index in [2.05, 4.69) is 0 Å². The maximum atomic E-state index is 13.9. The maximum absolute atomic E-state index is 13.9. The van der Waals surface area contributed by atoms with Gasteiger partial charge >= 0.3 is 24.7 Å². The lowest BCUT2D eigenvalue weighted by Gasteiger charge is -2.30. The normalized spacial score (nSPS) is 17.4. The van der Waals surface area contributed by atoms with Gasteiger partial charge < -0.3 is 0 Å². The zero-order valence-electron chi connectivity index (χ0n) is 26.8. The van der Waals surface area contributed by atoms with Crippen LogP contribution in [0, 0.1) is 0 Å². The Kier molecular flexibility index (Phi) is 9.17. The second-order valence-electron chi connectivity index (χ2n) is 13.1. The Hall–Kier alpha value is -4.05. The van der Waals surface area contributed by atoms with Crippen molar-refractivity contribution in [3.63, 3.8) is 0 Å². The molecule has 4 aromatic carbocycles. The fourth-order valence-electron chi connectivity index (χ4n) is 6.43. The summed E-state index contributed by atoms with van der Waals surface area (Å²) >= 11 is 0. The molecule has 0 aliphatic carbocycles. The third kappa shape index (κ3) is 7.22. The zero-order valence-corrected chi connectivity index (χ0v) is 28.8. The van der Waals surface area contributed by atoms with Gasteiger partial charge in [-0.05, 0) is 67.3 Å². The first kappa shape index (κ1) is 37.2. The van der Waals surface area contributed by atoms with Crippen LogP contribution in [0.1, 0.15) is 44.5 Å². The molecule has 4 aromatic rings. The topological polar surface area (TPSA) is 0 Å². The zero-order chi connectivity index (χ0) is 37.2. The molecule has 0 N–H and O–H groups in total. The average Bonchev–Trinajstić information content (AvgIpc) is 3.00. The molecule has 0 fully saturated rings. The van der Waals surface area contributed by atoms with Crippen LogP contribution in [0.25, 0.3) is 24.3 Å². The van der Waals surface area contributed by atoms with E-state index in [1.807, 2.05) is 0 Å². The highest BCUT2D eigenvalue weighted by molar-refractivity contribution is 7.02. The lowest BCUT2D eigenvalue weighted by Crippen LogP contribution is -2.55. The van der Waals surface area contributed by atoms with E-state index in [-0.39, 0.29) is 22.3 Å². The Morgan fingerprint density at radius 3 is 0.660 bits per heavy atom. The predicted octanol–water partition coefficient (Wildman–Crippen LogP) is 10.1. The van der Waals surface area contributed by atoms with Crippen LogP contribution >= 0.6 is 0 Å². The minimum atomic E-state index is -4.79. The Balaban J connectivity index is 1.93. The molecule has 0 saturated heterocycles. The summed E-state index contributed by atoms with van der Waals surface area (Å²) in [5.74, 6) is 0.